The number of aromatic nitrogens is 2. The van der Waals surface area contributed by atoms with Crippen LogP contribution in [0.1, 0.15) is 12.6 Å². The highest BCUT2D eigenvalue weighted by molar-refractivity contribution is 5.30. The normalized spacial score (nSPS) is 20.3. The van der Waals surface area contributed by atoms with Gasteiger partial charge in [0.1, 0.15) is 5.82 Å². The molecule has 2 heterocycles. The van der Waals surface area contributed by atoms with Crippen LogP contribution in [0.5, 0.6) is 0 Å². The van der Waals surface area contributed by atoms with E-state index in [1.165, 1.54) is 0 Å². The second-order valence-corrected chi connectivity index (χ2v) is 4.15. The van der Waals surface area contributed by atoms with E-state index < -0.39 is 0 Å². The summed E-state index contributed by atoms with van der Waals surface area (Å²) in [5.74, 6) is 0.790. The van der Waals surface area contributed by atoms with E-state index in [0.717, 1.165) is 24.6 Å². The third-order valence-corrected chi connectivity index (χ3v) is 2.74. The molecule has 1 aliphatic rings. The Kier molecular flexibility index (Phi) is 4.45. The van der Waals surface area contributed by atoms with Crippen LogP contribution in [-0.4, -0.2) is 47.2 Å². The van der Waals surface area contributed by atoms with Gasteiger partial charge in [-0.25, -0.2) is 4.98 Å². The Morgan fingerprint density at radius 1 is 1.56 bits per heavy atom. The lowest BCUT2D eigenvalue weighted by Gasteiger charge is -2.29. The molecule has 0 amide bonds. The van der Waals surface area contributed by atoms with Crippen molar-refractivity contribution in [2.24, 2.45) is 0 Å². The van der Waals surface area contributed by atoms with Crippen molar-refractivity contribution in [2.45, 2.75) is 19.6 Å². The Morgan fingerprint density at radius 2 is 2.44 bits per heavy atom. The van der Waals surface area contributed by atoms with Crippen LogP contribution >= 0.6 is 0 Å². The largest absolute Gasteiger partial charge is 0.369 e. The van der Waals surface area contributed by atoms with Crippen molar-refractivity contribution in [1.82, 2.24) is 14.9 Å². The average molecular weight is 247 g/mol. The maximum absolute atomic E-state index is 8.83. The summed E-state index contributed by atoms with van der Waals surface area (Å²) in [7, 11) is 0. The van der Waals surface area contributed by atoms with Gasteiger partial charge in [0.2, 0.25) is 0 Å². The topological polar surface area (TPSA) is 74.1 Å². The van der Waals surface area contributed by atoms with E-state index in [1.807, 2.05) is 6.92 Å². The van der Waals surface area contributed by atoms with Gasteiger partial charge in [0.15, 0.2) is 6.10 Å². The SMILES string of the molecule is CCNc1cnc(CN2CCOC(C#N)C2)cn1. The fourth-order valence-electron chi connectivity index (χ4n) is 1.86. The van der Waals surface area contributed by atoms with Gasteiger partial charge in [0.25, 0.3) is 0 Å². The Hall–Kier alpha value is -1.71. The first-order valence-electron chi connectivity index (χ1n) is 6.10. The van der Waals surface area contributed by atoms with Gasteiger partial charge >= 0.3 is 0 Å². The van der Waals surface area contributed by atoms with E-state index in [9.17, 15) is 0 Å². The lowest BCUT2D eigenvalue weighted by atomic mass is 10.3. The fraction of sp³-hybridized carbons (Fsp3) is 0.583. The highest BCUT2D eigenvalue weighted by atomic mass is 16.5. The molecule has 1 aliphatic heterocycles. The van der Waals surface area contributed by atoms with Crippen LogP contribution in [0.3, 0.4) is 0 Å². The molecule has 6 heteroatoms. The Bertz CT molecular complexity index is 413. The van der Waals surface area contributed by atoms with Crippen molar-refractivity contribution >= 4 is 5.82 Å². The van der Waals surface area contributed by atoms with E-state index in [0.29, 0.717) is 19.7 Å². The van der Waals surface area contributed by atoms with Gasteiger partial charge in [-0.1, -0.05) is 0 Å². The van der Waals surface area contributed by atoms with Crippen molar-refractivity contribution < 1.29 is 4.74 Å². The minimum atomic E-state index is -0.326. The predicted octanol–water partition coefficient (Wildman–Crippen LogP) is 0.633. The second-order valence-electron chi connectivity index (χ2n) is 4.15. The van der Waals surface area contributed by atoms with E-state index in [1.54, 1.807) is 12.4 Å². The number of rotatable bonds is 4. The van der Waals surface area contributed by atoms with Gasteiger partial charge < -0.3 is 10.1 Å². The summed E-state index contributed by atoms with van der Waals surface area (Å²) in [6.45, 7) is 5.62. The van der Waals surface area contributed by atoms with Crippen LogP contribution in [0.25, 0.3) is 0 Å². The molecule has 1 saturated heterocycles. The Balaban J connectivity index is 1.90. The molecule has 0 aliphatic carbocycles. The molecule has 6 nitrogen and oxygen atoms in total. The lowest BCUT2D eigenvalue weighted by molar-refractivity contribution is -0.00315. The molecule has 1 aromatic heterocycles. The molecule has 0 saturated carbocycles. The molecule has 1 N–H and O–H groups in total. The van der Waals surface area contributed by atoms with Crippen LogP contribution in [0.15, 0.2) is 12.4 Å². The van der Waals surface area contributed by atoms with Crippen LogP contribution in [0.2, 0.25) is 0 Å². The number of nitrogens with zero attached hydrogens (tertiary/aromatic N) is 4. The molecule has 1 unspecified atom stereocenters. The average Bonchev–Trinajstić information content (AvgIpc) is 2.42. The fourth-order valence-corrected chi connectivity index (χ4v) is 1.86. The van der Waals surface area contributed by atoms with E-state index in [2.05, 4.69) is 26.3 Å². The third-order valence-electron chi connectivity index (χ3n) is 2.74. The molecule has 18 heavy (non-hydrogen) atoms. The number of ether oxygens (including phenoxy) is 1. The van der Waals surface area contributed by atoms with Crippen LogP contribution in [-0.2, 0) is 11.3 Å². The van der Waals surface area contributed by atoms with Gasteiger partial charge in [0, 0.05) is 26.2 Å². The van der Waals surface area contributed by atoms with Crippen molar-refractivity contribution in [3.8, 4) is 6.07 Å². The van der Waals surface area contributed by atoms with Gasteiger partial charge in [-0.05, 0) is 6.92 Å². The predicted molar refractivity (Wildman–Crippen MR) is 66.8 cm³/mol. The van der Waals surface area contributed by atoms with E-state index in [-0.39, 0.29) is 6.10 Å². The Morgan fingerprint density at radius 3 is 3.11 bits per heavy atom. The van der Waals surface area contributed by atoms with Gasteiger partial charge in [-0.2, -0.15) is 5.26 Å². The van der Waals surface area contributed by atoms with Crippen molar-refractivity contribution in [2.75, 3.05) is 31.6 Å². The number of nitrogens with one attached hydrogen (secondary N) is 1. The Labute approximate surface area is 107 Å². The van der Waals surface area contributed by atoms with Gasteiger partial charge in [-0.3, -0.25) is 9.88 Å². The van der Waals surface area contributed by atoms with Gasteiger partial charge in [0.05, 0.1) is 30.8 Å². The molecule has 1 fully saturated rings. The lowest BCUT2D eigenvalue weighted by Crippen LogP contribution is -2.41. The standard InChI is InChI=1S/C12H17N5O/c1-2-14-12-7-15-10(6-16-12)8-17-3-4-18-11(5-13)9-17/h6-7,11H,2-4,8-9H2,1H3,(H,14,16). The first-order chi connectivity index (χ1) is 8.81. The zero-order valence-electron chi connectivity index (χ0n) is 10.5. The number of anilines is 1. The maximum atomic E-state index is 8.83. The third kappa shape index (κ3) is 3.39. The first-order valence-corrected chi connectivity index (χ1v) is 6.10. The highest BCUT2D eigenvalue weighted by Crippen LogP contribution is 2.09. The molecule has 1 atom stereocenters. The zero-order valence-corrected chi connectivity index (χ0v) is 10.5. The van der Waals surface area contributed by atoms with Crippen molar-refractivity contribution in [3.63, 3.8) is 0 Å². The zero-order chi connectivity index (χ0) is 12.8. The summed E-state index contributed by atoms with van der Waals surface area (Å²) in [6.07, 6.45) is 3.18. The summed E-state index contributed by atoms with van der Waals surface area (Å²) < 4.78 is 5.30. The number of hydrogen-bond donors (Lipinski definition) is 1. The summed E-state index contributed by atoms with van der Waals surface area (Å²) >= 11 is 0. The quantitative estimate of drug-likeness (QED) is 0.841. The van der Waals surface area contributed by atoms with Crippen LogP contribution < -0.4 is 5.32 Å². The molecule has 96 valence electrons. The molecular weight excluding hydrogens is 230 g/mol. The number of nitriles is 1. The molecule has 0 bridgehead atoms. The monoisotopic (exact) mass is 247 g/mol. The smallest absolute Gasteiger partial charge is 0.156 e. The van der Waals surface area contributed by atoms with Crippen molar-refractivity contribution in [1.29, 1.82) is 5.26 Å². The van der Waals surface area contributed by atoms with E-state index in [4.69, 9.17) is 10.00 Å². The summed E-state index contributed by atoms with van der Waals surface area (Å²) in [5, 5.41) is 11.9. The van der Waals surface area contributed by atoms with E-state index >= 15 is 0 Å². The van der Waals surface area contributed by atoms with Crippen molar-refractivity contribution in [3.05, 3.63) is 18.1 Å². The number of morpholine rings is 1. The minimum Gasteiger partial charge on any atom is -0.369 e. The molecule has 0 radical (unpaired) electrons. The molecule has 0 spiro atoms. The molecule has 2 rings (SSSR count). The highest BCUT2D eigenvalue weighted by Gasteiger charge is 2.20. The molecule has 0 aromatic carbocycles. The summed E-state index contributed by atoms with van der Waals surface area (Å²) in [4.78, 5) is 10.8. The number of hydrogen-bond acceptors (Lipinski definition) is 6. The van der Waals surface area contributed by atoms with Crippen LogP contribution in [0, 0.1) is 11.3 Å². The summed E-state index contributed by atoms with van der Waals surface area (Å²) in [5.41, 5.74) is 0.912. The maximum Gasteiger partial charge on any atom is 0.156 e. The van der Waals surface area contributed by atoms with Gasteiger partial charge in [-0.15, -0.1) is 0 Å². The van der Waals surface area contributed by atoms with Crippen LogP contribution in [0.4, 0.5) is 5.82 Å². The second kappa shape index (κ2) is 6.28. The molecule has 1 aromatic rings. The summed E-state index contributed by atoms with van der Waals surface area (Å²) in [6, 6.07) is 2.14. The minimum absolute atomic E-state index is 0.326. The molecular formula is C12H17N5O. The first kappa shape index (κ1) is 12.7.